The van der Waals surface area contributed by atoms with Gasteiger partial charge in [0.2, 0.25) is 5.79 Å². The summed E-state index contributed by atoms with van der Waals surface area (Å²) >= 11 is 0. The first-order chi connectivity index (χ1) is 11.2. The van der Waals surface area contributed by atoms with Gasteiger partial charge in [0, 0.05) is 12.8 Å². The van der Waals surface area contributed by atoms with Crippen LogP contribution in [-0.4, -0.2) is 17.0 Å². The van der Waals surface area contributed by atoms with Gasteiger partial charge >= 0.3 is 0 Å². The van der Waals surface area contributed by atoms with Gasteiger partial charge in [0.1, 0.15) is 0 Å². The fourth-order valence-corrected chi connectivity index (χ4v) is 2.00. The predicted molar refractivity (Wildman–Crippen MR) is 99.5 cm³/mol. The summed E-state index contributed by atoms with van der Waals surface area (Å²) in [6.07, 6.45) is 8.85. The zero-order valence-electron chi connectivity index (χ0n) is 17.5. The molecule has 0 aliphatic carbocycles. The third-order valence-corrected chi connectivity index (χ3v) is 4.58. The zero-order chi connectivity index (χ0) is 18.7. The van der Waals surface area contributed by atoms with Crippen molar-refractivity contribution >= 4 is 0 Å². The molecule has 0 aromatic heterocycles. The van der Waals surface area contributed by atoms with Crippen molar-refractivity contribution in [2.24, 2.45) is 0 Å². The zero-order valence-corrected chi connectivity index (χ0v) is 17.5. The standard InChI is InChI=1S/C20H42O4/c1-9-13-14-15-17-20(16-10-2,23-21-18(5,6)11-3)24-22-19(7,8)12-4/h9-17H2,1-8H3. The molecule has 0 aliphatic heterocycles. The Hall–Kier alpha value is -0.160. The molecule has 0 heterocycles. The molecule has 0 bridgehead atoms. The van der Waals surface area contributed by atoms with Gasteiger partial charge in [0.15, 0.2) is 0 Å². The van der Waals surface area contributed by atoms with Crippen molar-refractivity contribution in [2.75, 3.05) is 0 Å². The Morgan fingerprint density at radius 3 is 1.42 bits per heavy atom. The summed E-state index contributed by atoms with van der Waals surface area (Å²) in [7, 11) is 0. The Morgan fingerprint density at radius 1 is 0.542 bits per heavy atom. The van der Waals surface area contributed by atoms with Crippen LogP contribution in [-0.2, 0) is 19.6 Å². The van der Waals surface area contributed by atoms with Gasteiger partial charge in [-0.05, 0) is 47.0 Å². The van der Waals surface area contributed by atoms with E-state index in [1.54, 1.807) is 0 Å². The lowest BCUT2D eigenvalue weighted by atomic mass is 10.0. The second-order valence-corrected chi connectivity index (χ2v) is 8.03. The molecule has 4 heteroatoms. The minimum atomic E-state index is -0.832. The van der Waals surface area contributed by atoms with Gasteiger partial charge in [0.05, 0.1) is 11.2 Å². The average molecular weight is 347 g/mol. The van der Waals surface area contributed by atoms with Gasteiger partial charge in [-0.15, -0.1) is 0 Å². The van der Waals surface area contributed by atoms with Crippen LogP contribution in [0.3, 0.4) is 0 Å². The van der Waals surface area contributed by atoms with Crippen molar-refractivity contribution in [2.45, 2.75) is 130 Å². The van der Waals surface area contributed by atoms with E-state index < -0.39 is 5.79 Å². The SMILES string of the molecule is CCCCCCC(CCC)(OOC(C)(C)CC)OOC(C)(C)CC. The first kappa shape index (κ1) is 23.8. The van der Waals surface area contributed by atoms with Gasteiger partial charge < -0.3 is 0 Å². The molecule has 0 aliphatic rings. The highest BCUT2D eigenvalue weighted by atomic mass is 17.3. The van der Waals surface area contributed by atoms with Crippen LogP contribution in [0.25, 0.3) is 0 Å². The van der Waals surface area contributed by atoms with E-state index in [2.05, 4.69) is 27.7 Å². The normalized spacial score (nSPS) is 13.5. The van der Waals surface area contributed by atoms with E-state index in [0.717, 1.165) is 38.5 Å². The Balaban J connectivity index is 4.99. The van der Waals surface area contributed by atoms with Gasteiger partial charge in [-0.3, -0.25) is 0 Å². The molecule has 0 radical (unpaired) electrons. The fraction of sp³-hybridized carbons (Fsp3) is 1.00. The summed E-state index contributed by atoms with van der Waals surface area (Å²) < 4.78 is 0. The third kappa shape index (κ3) is 9.97. The molecule has 0 saturated heterocycles. The largest absolute Gasteiger partial charge is 0.234 e. The molecule has 0 aromatic rings. The Morgan fingerprint density at radius 2 is 1.04 bits per heavy atom. The van der Waals surface area contributed by atoms with E-state index in [-0.39, 0.29) is 11.2 Å². The first-order valence-electron chi connectivity index (χ1n) is 9.89. The second kappa shape index (κ2) is 11.5. The average Bonchev–Trinajstić information content (AvgIpc) is 2.55. The quantitative estimate of drug-likeness (QED) is 0.143. The fourth-order valence-electron chi connectivity index (χ4n) is 2.00. The summed E-state index contributed by atoms with van der Waals surface area (Å²) in [6, 6.07) is 0. The highest BCUT2D eigenvalue weighted by molar-refractivity contribution is 4.70. The number of hydrogen-bond acceptors (Lipinski definition) is 4. The van der Waals surface area contributed by atoms with Gasteiger partial charge in [-0.2, -0.15) is 9.78 Å². The van der Waals surface area contributed by atoms with Crippen LogP contribution in [0, 0.1) is 0 Å². The van der Waals surface area contributed by atoms with E-state index in [4.69, 9.17) is 19.6 Å². The van der Waals surface area contributed by atoms with E-state index in [0.29, 0.717) is 0 Å². The van der Waals surface area contributed by atoms with E-state index in [1.165, 1.54) is 19.3 Å². The lowest BCUT2D eigenvalue weighted by Gasteiger charge is -2.36. The summed E-state index contributed by atoms with van der Waals surface area (Å²) in [5.41, 5.74) is -0.682. The Kier molecular flexibility index (Phi) is 11.4. The van der Waals surface area contributed by atoms with Crippen LogP contribution in [0.4, 0.5) is 0 Å². The van der Waals surface area contributed by atoms with Crippen LogP contribution in [0.2, 0.25) is 0 Å². The van der Waals surface area contributed by atoms with Gasteiger partial charge in [0.25, 0.3) is 0 Å². The third-order valence-electron chi connectivity index (χ3n) is 4.58. The summed E-state index contributed by atoms with van der Waals surface area (Å²) in [4.78, 5) is 23.3. The van der Waals surface area contributed by atoms with E-state index in [1.807, 2.05) is 27.7 Å². The molecule has 0 N–H and O–H groups in total. The molecular weight excluding hydrogens is 304 g/mol. The lowest BCUT2D eigenvalue weighted by molar-refractivity contribution is -0.546. The summed E-state index contributed by atoms with van der Waals surface area (Å²) in [6.45, 7) is 16.6. The van der Waals surface area contributed by atoms with Crippen LogP contribution < -0.4 is 0 Å². The topological polar surface area (TPSA) is 36.9 Å². The molecular formula is C20H42O4. The predicted octanol–water partition coefficient (Wildman–Crippen LogP) is 6.73. The molecule has 0 spiro atoms. The molecule has 0 fully saturated rings. The summed E-state index contributed by atoms with van der Waals surface area (Å²) in [5.74, 6) is -0.832. The van der Waals surface area contributed by atoms with Crippen molar-refractivity contribution < 1.29 is 19.6 Å². The maximum atomic E-state index is 5.90. The molecule has 0 saturated carbocycles. The van der Waals surface area contributed by atoms with Crippen molar-refractivity contribution in [3.05, 3.63) is 0 Å². The number of unbranched alkanes of at least 4 members (excludes halogenated alkanes) is 3. The smallest absolute Gasteiger partial charge is 0.228 e. The van der Waals surface area contributed by atoms with Crippen LogP contribution in [0.15, 0.2) is 0 Å². The van der Waals surface area contributed by atoms with E-state index >= 15 is 0 Å². The van der Waals surface area contributed by atoms with Crippen molar-refractivity contribution in [1.29, 1.82) is 0 Å². The highest BCUT2D eigenvalue weighted by Gasteiger charge is 2.38. The minimum Gasteiger partial charge on any atom is -0.228 e. The maximum Gasteiger partial charge on any atom is 0.234 e. The minimum absolute atomic E-state index is 0.341. The van der Waals surface area contributed by atoms with Crippen LogP contribution in [0.5, 0.6) is 0 Å². The number of rotatable bonds is 15. The molecule has 146 valence electrons. The molecule has 0 atom stereocenters. The first-order valence-corrected chi connectivity index (χ1v) is 9.89. The van der Waals surface area contributed by atoms with Gasteiger partial charge in [-0.25, -0.2) is 9.78 Å². The molecule has 0 aromatic carbocycles. The second-order valence-electron chi connectivity index (χ2n) is 8.03. The molecule has 0 unspecified atom stereocenters. The Bertz CT molecular complexity index is 293. The van der Waals surface area contributed by atoms with Crippen LogP contribution in [0.1, 0.15) is 113 Å². The van der Waals surface area contributed by atoms with Crippen molar-refractivity contribution in [3.63, 3.8) is 0 Å². The van der Waals surface area contributed by atoms with E-state index in [9.17, 15) is 0 Å². The molecule has 0 rings (SSSR count). The maximum absolute atomic E-state index is 5.90. The van der Waals surface area contributed by atoms with Crippen LogP contribution >= 0.6 is 0 Å². The monoisotopic (exact) mass is 346 g/mol. The van der Waals surface area contributed by atoms with Crippen molar-refractivity contribution in [1.82, 2.24) is 0 Å². The number of hydrogen-bond donors (Lipinski definition) is 0. The lowest BCUT2D eigenvalue weighted by Crippen LogP contribution is -2.42. The molecule has 24 heavy (non-hydrogen) atoms. The summed E-state index contributed by atoms with van der Waals surface area (Å²) in [5, 5.41) is 0. The Labute approximate surface area is 150 Å². The van der Waals surface area contributed by atoms with Gasteiger partial charge in [-0.1, -0.05) is 53.4 Å². The molecule has 0 amide bonds. The molecule has 4 nitrogen and oxygen atoms in total. The highest BCUT2D eigenvalue weighted by Crippen LogP contribution is 2.32. The van der Waals surface area contributed by atoms with Crippen molar-refractivity contribution in [3.8, 4) is 0 Å².